The van der Waals surface area contributed by atoms with Crippen molar-refractivity contribution in [3.05, 3.63) is 36.3 Å². The van der Waals surface area contributed by atoms with Crippen molar-refractivity contribution in [1.82, 2.24) is 19.5 Å². The zero-order valence-corrected chi connectivity index (χ0v) is 14.2. The van der Waals surface area contributed by atoms with E-state index in [1.165, 1.54) is 23.5 Å². The molecule has 0 saturated carbocycles. The SMILES string of the molecule is NCC(=O)N1CCN(c2nn3cc(-c4ccc(F)cc4)nc3s2)CC1. The van der Waals surface area contributed by atoms with Crippen molar-refractivity contribution in [3.8, 4) is 11.3 Å². The summed E-state index contributed by atoms with van der Waals surface area (Å²) in [6.45, 7) is 2.81. The third kappa shape index (κ3) is 3.08. The van der Waals surface area contributed by atoms with Gasteiger partial charge in [0.05, 0.1) is 18.4 Å². The molecule has 130 valence electrons. The largest absolute Gasteiger partial charge is 0.343 e. The summed E-state index contributed by atoms with van der Waals surface area (Å²) in [6, 6.07) is 6.25. The topological polar surface area (TPSA) is 79.8 Å². The molecule has 0 unspecified atom stereocenters. The summed E-state index contributed by atoms with van der Waals surface area (Å²) >= 11 is 1.50. The summed E-state index contributed by atoms with van der Waals surface area (Å²) in [4.78, 5) is 20.9. The van der Waals surface area contributed by atoms with Gasteiger partial charge in [0, 0.05) is 31.7 Å². The van der Waals surface area contributed by atoms with Crippen molar-refractivity contribution in [3.63, 3.8) is 0 Å². The minimum Gasteiger partial charge on any atom is -0.343 e. The van der Waals surface area contributed by atoms with Crippen molar-refractivity contribution >= 4 is 27.3 Å². The van der Waals surface area contributed by atoms with Crippen LogP contribution in [0.1, 0.15) is 0 Å². The van der Waals surface area contributed by atoms with Crippen molar-refractivity contribution in [2.45, 2.75) is 0 Å². The predicted molar refractivity (Wildman–Crippen MR) is 94.1 cm³/mol. The van der Waals surface area contributed by atoms with Gasteiger partial charge in [0.2, 0.25) is 16.0 Å². The lowest BCUT2D eigenvalue weighted by molar-refractivity contribution is -0.129. The molecule has 4 rings (SSSR count). The number of nitrogens with zero attached hydrogens (tertiary/aromatic N) is 5. The summed E-state index contributed by atoms with van der Waals surface area (Å²) in [5, 5.41) is 5.47. The highest BCUT2D eigenvalue weighted by Gasteiger charge is 2.23. The smallest absolute Gasteiger partial charge is 0.236 e. The number of amides is 1. The van der Waals surface area contributed by atoms with E-state index in [1.54, 1.807) is 21.5 Å². The Morgan fingerprint density at radius 1 is 1.20 bits per heavy atom. The molecule has 1 amide bonds. The normalized spacial score (nSPS) is 15.1. The maximum atomic E-state index is 13.0. The number of rotatable bonds is 3. The van der Waals surface area contributed by atoms with Crippen LogP contribution in [0.3, 0.4) is 0 Å². The van der Waals surface area contributed by atoms with E-state index in [0.717, 1.165) is 34.4 Å². The lowest BCUT2D eigenvalue weighted by Gasteiger charge is -2.34. The Labute approximate surface area is 147 Å². The summed E-state index contributed by atoms with van der Waals surface area (Å²) in [6.07, 6.45) is 1.84. The second kappa shape index (κ2) is 6.41. The number of anilines is 1. The number of piperazine rings is 1. The molecule has 0 bridgehead atoms. The number of halogens is 1. The number of hydrogen-bond acceptors (Lipinski definition) is 6. The molecule has 0 spiro atoms. The van der Waals surface area contributed by atoms with Gasteiger partial charge in [0.15, 0.2) is 0 Å². The average Bonchev–Trinajstić information content (AvgIpc) is 3.21. The molecule has 1 fully saturated rings. The Hall–Kier alpha value is -2.52. The van der Waals surface area contributed by atoms with Gasteiger partial charge in [-0.15, -0.1) is 5.10 Å². The van der Waals surface area contributed by atoms with E-state index >= 15 is 0 Å². The molecule has 0 aliphatic carbocycles. The summed E-state index contributed by atoms with van der Waals surface area (Å²) in [7, 11) is 0. The molecule has 25 heavy (non-hydrogen) atoms. The molecule has 2 N–H and O–H groups in total. The lowest BCUT2D eigenvalue weighted by Crippen LogP contribution is -2.50. The van der Waals surface area contributed by atoms with Crippen LogP contribution in [0, 0.1) is 5.82 Å². The number of benzene rings is 1. The summed E-state index contributed by atoms with van der Waals surface area (Å²) < 4.78 is 14.8. The molecule has 1 aliphatic rings. The van der Waals surface area contributed by atoms with Crippen LogP contribution in [0.5, 0.6) is 0 Å². The van der Waals surface area contributed by atoms with Crippen LogP contribution < -0.4 is 10.6 Å². The van der Waals surface area contributed by atoms with Crippen molar-refractivity contribution in [2.75, 3.05) is 37.6 Å². The molecular weight excluding hydrogens is 343 g/mol. The minimum atomic E-state index is -0.266. The van der Waals surface area contributed by atoms with E-state index in [2.05, 4.69) is 15.0 Å². The van der Waals surface area contributed by atoms with Crippen LogP contribution in [-0.4, -0.2) is 58.1 Å². The van der Waals surface area contributed by atoms with Crippen LogP contribution in [0.4, 0.5) is 9.52 Å². The number of aromatic nitrogens is 3. The van der Waals surface area contributed by atoms with Crippen molar-refractivity contribution in [2.24, 2.45) is 5.73 Å². The number of carbonyl (C=O) groups excluding carboxylic acids is 1. The fraction of sp³-hybridized carbons (Fsp3) is 0.312. The quantitative estimate of drug-likeness (QED) is 0.759. The molecule has 0 atom stereocenters. The fourth-order valence-electron chi connectivity index (χ4n) is 2.85. The molecule has 7 nitrogen and oxygen atoms in total. The molecule has 1 aromatic carbocycles. The Balaban J connectivity index is 1.50. The lowest BCUT2D eigenvalue weighted by atomic mass is 10.2. The first kappa shape index (κ1) is 16.0. The second-order valence-electron chi connectivity index (χ2n) is 5.82. The highest BCUT2D eigenvalue weighted by Crippen LogP contribution is 2.27. The predicted octanol–water partition coefficient (Wildman–Crippen LogP) is 1.20. The Kier molecular flexibility index (Phi) is 4.10. The molecule has 9 heteroatoms. The minimum absolute atomic E-state index is 0.0162. The second-order valence-corrected chi connectivity index (χ2v) is 6.75. The van der Waals surface area contributed by atoms with E-state index in [1.807, 2.05) is 6.20 Å². The number of nitrogens with two attached hydrogens (primary N) is 1. The highest BCUT2D eigenvalue weighted by molar-refractivity contribution is 7.20. The van der Waals surface area contributed by atoms with Crippen LogP contribution in [0.15, 0.2) is 30.5 Å². The number of fused-ring (bicyclic) bond motifs is 1. The van der Waals surface area contributed by atoms with Gasteiger partial charge in [-0.1, -0.05) is 11.3 Å². The van der Waals surface area contributed by atoms with Crippen molar-refractivity contribution < 1.29 is 9.18 Å². The van der Waals surface area contributed by atoms with Gasteiger partial charge in [-0.2, -0.15) is 0 Å². The Morgan fingerprint density at radius 2 is 1.92 bits per heavy atom. The highest BCUT2D eigenvalue weighted by atomic mass is 32.1. The zero-order chi connectivity index (χ0) is 17.4. The van der Waals surface area contributed by atoms with Gasteiger partial charge >= 0.3 is 0 Å². The molecule has 0 radical (unpaired) electrons. The molecule has 3 aromatic rings. The first-order valence-electron chi connectivity index (χ1n) is 7.99. The van der Waals surface area contributed by atoms with Crippen molar-refractivity contribution in [1.29, 1.82) is 0 Å². The first-order chi connectivity index (χ1) is 12.1. The Morgan fingerprint density at radius 3 is 2.56 bits per heavy atom. The van der Waals surface area contributed by atoms with E-state index in [-0.39, 0.29) is 18.3 Å². The summed E-state index contributed by atoms with van der Waals surface area (Å²) in [5.74, 6) is -0.282. The maximum Gasteiger partial charge on any atom is 0.236 e. The van der Waals surface area contributed by atoms with E-state index in [0.29, 0.717) is 13.1 Å². The molecular formula is C16H17FN6OS. The van der Waals surface area contributed by atoms with Gasteiger partial charge in [0.25, 0.3) is 0 Å². The van der Waals surface area contributed by atoms with Crippen LogP contribution in [0.2, 0.25) is 0 Å². The van der Waals surface area contributed by atoms with Crippen LogP contribution in [-0.2, 0) is 4.79 Å². The number of carbonyl (C=O) groups is 1. The van der Waals surface area contributed by atoms with Gasteiger partial charge < -0.3 is 15.5 Å². The van der Waals surface area contributed by atoms with Gasteiger partial charge in [0.1, 0.15) is 5.82 Å². The van der Waals surface area contributed by atoms with E-state index in [9.17, 15) is 9.18 Å². The number of imidazole rings is 1. The first-order valence-corrected chi connectivity index (χ1v) is 8.80. The van der Waals surface area contributed by atoms with Gasteiger partial charge in [-0.05, 0) is 24.3 Å². The molecule has 1 saturated heterocycles. The van der Waals surface area contributed by atoms with Crippen LogP contribution in [0.25, 0.3) is 16.2 Å². The van der Waals surface area contributed by atoms with Gasteiger partial charge in [-0.3, -0.25) is 4.79 Å². The number of hydrogen-bond donors (Lipinski definition) is 1. The zero-order valence-electron chi connectivity index (χ0n) is 13.4. The summed E-state index contributed by atoms with van der Waals surface area (Å²) in [5.41, 5.74) is 7.03. The monoisotopic (exact) mass is 360 g/mol. The standard InChI is InChI=1S/C16H17FN6OS/c17-12-3-1-11(2-4-12)13-10-23-15(19-13)25-16(20-23)22-7-5-21(6-8-22)14(24)9-18/h1-4,10H,5-9,18H2. The van der Waals surface area contributed by atoms with E-state index < -0.39 is 0 Å². The third-order valence-corrected chi connectivity index (χ3v) is 5.23. The van der Waals surface area contributed by atoms with Gasteiger partial charge in [-0.25, -0.2) is 13.9 Å². The molecule has 2 aromatic heterocycles. The third-order valence-electron chi connectivity index (χ3n) is 4.25. The molecule has 1 aliphatic heterocycles. The molecule has 3 heterocycles. The van der Waals surface area contributed by atoms with E-state index in [4.69, 9.17) is 5.73 Å². The Bertz CT molecular complexity index is 866. The average molecular weight is 360 g/mol. The maximum absolute atomic E-state index is 13.0. The van der Waals surface area contributed by atoms with Crippen LogP contribution >= 0.6 is 11.3 Å². The fourth-order valence-corrected chi connectivity index (χ4v) is 3.79.